The largest absolute Gasteiger partial charge is 0.356 e. The predicted octanol–water partition coefficient (Wildman–Crippen LogP) is 7.49. The van der Waals surface area contributed by atoms with E-state index >= 15 is 0 Å². The monoisotopic (exact) mass is 363 g/mol. The zero-order chi connectivity index (χ0) is 19.1. The van der Waals surface area contributed by atoms with E-state index in [1.54, 1.807) is 5.57 Å². The maximum atomic E-state index is 3.59. The van der Waals surface area contributed by atoms with Gasteiger partial charge in [0.05, 0.1) is 0 Å². The molecule has 0 radical (unpaired) electrons. The molecular weight excluding hydrogens is 338 g/mol. The quantitative estimate of drug-likeness (QED) is 0.508. The molecule has 1 heteroatoms. The Labute approximate surface area is 167 Å². The highest BCUT2D eigenvalue weighted by Gasteiger charge is 2.37. The Morgan fingerprint density at radius 3 is 2.29 bits per heavy atom. The van der Waals surface area contributed by atoms with Crippen molar-refractivity contribution in [2.24, 2.45) is 0 Å². The average Bonchev–Trinajstić information content (AvgIpc) is 2.97. The maximum Gasteiger partial charge on any atom is 0.0387 e. The molecule has 1 N–H and O–H groups in total. The van der Waals surface area contributed by atoms with Crippen LogP contribution in [0.2, 0.25) is 0 Å². The Kier molecular flexibility index (Phi) is 3.98. The van der Waals surface area contributed by atoms with E-state index in [2.05, 4.69) is 104 Å². The van der Waals surface area contributed by atoms with Crippen molar-refractivity contribution < 1.29 is 0 Å². The van der Waals surface area contributed by atoms with Crippen molar-refractivity contribution in [1.82, 2.24) is 0 Å². The SMILES string of the molecule is CC1(C)C2=C(C=CCC2)c2ccc(Nc3ccc(-c4ccccc4)cc3)cc21. The van der Waals surface area contributed by atoms with Gasteiger partial charge >= 0.3 is 0 Å². The minimum absolute atomic E-state index is 0.115. The Bertz CT molecular complexity index is 1080. The lowest BCUT2D eigenvalue weighted by molar-refractivity contribution is 0.607. The van der Waals surface area contributed by atoms with Crippen molar-refractivity contribution in [3.8, 4) is 11.1 Å². The lowest BCUT2D eigenvalue weighted by atomic mass is 9.78. The first kappa shape index (κ1) is 17.1. The number of benzene rings is 3. The smallest absolute Gasteiger partial charge is 0.0387 e. The number of fused-ring (bicyclic) bond motifs is 2. The third kappa shape index (κ3) is 2.79. The van der Waals surface area contributed by atoms with Crippen molar-refractivity contribution in [2.75, 3.05) is 5.32 Å². The predicted molar refractivity (Wildman–Crippen MR) is 120 cm³/mol. The van der Waals surface area contributed by atoms with Crippen LogP contribution < -0.4 is 5.32 Å². The number of hydrogen-bond donors (Lipinski definition) is 1. The molecule has 0 atom stereocenters. The van der Waals surface area contributed by atoms with E-state index in [0.717, 1.165) is 17.8 Å². The molecule has 2 aliphatic rings. The highest BCUT2D eigenvalue weighted by molar-refractivity contribution is 5.88. The van der Waals surface area contributed by atoms with E-state index in [-0.39, 0.29) is 5.41 Å². The number of anilines is 2. The average molecular weight is 364 g/mol. The van der Waals surface area contributed by atoms with Gasteiger partial charge in [-0.2, -0.15) is 0 Å². The molecule has 5 rings (SSSR count). The fraction of sp³-hybridized carbons (Fsp3) is 0.185. The van der Waals surface area contributed by atoms with Gasteiger partial charge < -0.3 is 5.32 Å². The highest BCUT2D eigenvalue weighted by atomic mass is 14.9. The van der Waals surface area contributed by atoms with Crippen molar-refractivity contribution in [1.29, 1.82) is 0 Å². The molecule has 138 valence electrons. The molecule has 3 aromatic carbocycles. The van der Waals surface area contributed by atoms with Crippen LogP contribution in [0.1, 0.15) is 37.8 Å². The van der Waals surface area contributed by atoms with Gasteiger partial charge in [-0.25, -0.2) is 0 Å². The Hall–Kier alpha value is -3.06. The summed E-state index contributed by atoms with van der Waals surface area (Å²) in [5.41, 5.74) is 10.8. The summed E-state index contributed by atoms with van der Waals surface area (Å²) < 4.78 is 0. The van der Waals surface area contributed by atoms with Gasteiger partial charge in [0.1, 0.15) is 0 Å². The molecule has 0 aromatic heterocycles. The second-order valence-electron chi connectivity index (χ2n) is 8.29. The van der Waals surface area contributed by atoms with E-state index in [1.807, 2.05) is 0 Å². The normalized spacial score (nSPS) is 16.6. The van der Waals surface area contributed by atoms with Crippen LogP contribution in [0, 0.1) is 0 Å². The molecule has 0 bridgehead atoms. The summed E-state index contributed by atoms with van der Waals surface area (Å²) in [4.78, 5) is 0. The van der Waals surface area contributed by atoms with Crippen molar-refractivity contribution >= 4 is 16.9 Å². The summed E-state index contributed by atoms with van der Waals surface area (Å²) >= 11 is 0. The summed E-state index contributed by atoms with van der Waals surface area (Å²) in [6, 6.07) is 26.0. The number of nitrogens with one attached hydrogen (secondary N) is 1. The van der Waals surface area contributed by atoms with Crippen LogP contribution in [0.5, 0.6) is 0 Å². The zero-order valence-electron chi connectivity index (χ0n) is 16.5. The minimum Gasteiger partial charge on any atom is -0.356 e. The van der Waals surface area contributed by atoms with Crippen LogP contribution in [0.3, 0.4) is 0 Å². The van der Waals surface area contributed by atoms with Gasteiger partial charge in [0.15, 0.2) is 0 Å². The Morgan fingerprint density at radius 2 is 1.50 bits per heavy atom. The molecule has 0 saturated carbocycles. The molecule has 0 unspecified atom stereocenters. The van der Waals surface area contributed by atoms with Gasteiger partial charge in [0.2, 0.25) is 0 Å². The fourth-order valence-electron chi connectivity index (χ4n) is 4.65. The first-order valence-electron chi connectivity index (χ1n) is 10.1. The zero-order valence-corrected chi connectivity index (χ0v) is 16.5. The third-order valence-electron chi connectivity index (χ3n) is 6.19. The second-order valence-corrected chi connectivity index (χ2v) is 8.29. The second kappa shape index (κ2) is 6.53. The Balaban J connectivity index is 1.42. The summed E-state index contributed by atoms with van der Waals surface area (Å²) in [5, 5.41) is 3.59. The number of allylic oxidation sites excluding steroid dienone is 4. The maximum absolute atomic E-state index is 3.59. The van der Waals surface area contributed by atoms with Crippen LogP contribution in [0.15, 0.2) is 90.5 Å². The molecular formula is C27H25N. The molecule has 0 amide bonds. The summed E-state index contributed by atoms with van der Waals surface area (Å²) in [5.74, 6) is 0. The minimum atomic E-state index is 0.115. The molecule has 2 aliphatic carbocycles. The fourth-order valence-corrected chi connectivity index (χ4v) is 4.65. The number of rotatable bonds is 3. The van der Waals surface area contributed by atoms with E-state index in [1.165, 1.54) is 34.2 Å². The summed E-state index contributed by atoms with van der Waals surface area (Å²) in [7, 11) is 0. The molecule has 28 heavy (non-hydrogen) atoms. The third-order valence-corrected chi connectivity index (χ3v) is 6.19. The van der Waals surface area contributed by atoms with Crippen molar-refractivity contribution in [3.05, 3.63) is 102 Å². The molecule has 0 aliphatic heterocycles. The lowest BCUT2D eigenvalue weighted by Crippen LogP contribution is -2.17. The van der Waals surface area contributed by atoms with E-state index < -0.39 is 0 Å². The lowest BCUT2D eigenvalue weighted by Gasteiger charge is -2.26. The topological polar surface area (TPSA) is 12.0 Å². The molecule has 3 aromatic rings. The van der Waals surface area contributed by atoms with Crippen LogP contribution in [0.4, 0.5) is 11.4 Å². The molecule has 0 fully saturated rings. The van der Waals surface area contributed by atoms with E-state index in [4.69, 9.17) is 0 Å². The van der Waals surface area contributed by atoms with Crippen LogP contribution in [-0.2, 0) is 5.41 Å². The first-order valence-corrected chi connectivity index (χ1v) is 10.1. The summed E-state index contributed by atoms with van der Waals surface area (Å²) in [6.07, 6.45) is 6.97. The van der Waals surface area contributed by atoms with Gasteiger partial charge in [-0.3, -0.25) is 0 Å². The van der Waals surface area contributed by atoms with Crippen LogP contribution in [-0.4, -0.2) is 0 Å². The summed E-state index contributed by atoms with van der Waals surface area (Å²) in [6.45, 7) is 4.73. The molecule has 1 nitrogen and oxygen atoms in total. The van der Waals surface area contributed by atoms with E-state index in [9.17, 15) is 0 Å². The van der Waals surface area contributed by atoms with Gasteiger partial charge in [-0.1, -0.05) is 80.1 Å². The van der Waals surface area contributed by atoms with Gasteiger partial charge in [0.25, 0.3) is 0 Å². The van der Waals surface area contributed by atoms with Gasteiger partial charge in [-0.05, 0) is 64.9 Å². The molecule has 0 spiro atoms. The molecule has 0 heterocycles. The van der Waals surface area contributed by atoms with Crippen LogP contribution >= 0.6 is 0 Å². The number of hydrogen-bond acceptors (Lipinski definition) is 1. The standard InChI is InChI=1S/C27H25N/c1-27(2)25-11-7-6-10-23(25)24-17-16-22(18-26(24)27)28-21-14-12-20(13-15-21)19-8-4-3-5-9-19/h3-6,8-10,12-18,28H,7,11H2,1-2H3. The van der Waals surface area contributed by atoms with Crippen LogP contribution in [0.25, 0.3) is 16.7 Å². The first-order chi connectivity index (χ1) is 13.6. The highest BCUT2D eigenvalue weighted by Crippen LogP contribution is 2.50. The van der Waals surface area contributed by atoms with Gasteiger partial charge in [-0.15, -0.1) is 0 Å². The van der Waals surface area contributed by atoms with Crippen molar-refractivity contribution in [3.63, 3.8) is 0 Å². The van der Waals surface area contributed by atoms with Crippen molar-refractivity contribution in [2.45, 2.75) is 32.1 Å². The molecule has 0 saturated heterocycles. The van der Waals surface area contributed by atoms with Gasteiger partial charge in [0, 0.05) is 16.8 Å². The van der Waals surface area contributed by atoms with E-state index in [0.29, 0.717) is 0 Å². The Morgan fingerprint density at radius 1 is 0.786 bits per heavy atom.